The SMILES string of the molecule is Cc1ccc(-c2ccc(-c3ccn(-c4ccc(C(=O)O)cc4)n3)o2)cc1Cl. The van der Waals surface area contributed by atoms with E-state index < -0.39 is 5.97 Å². The molecular formula is C21H15ClN2O3. The molecule has 0 aliphatic heterocycles. The van der Waals surface area contributed by atoms with Gasteiger partial charge in [0.15, 0.2) is 5.76 Å². The summed E-state index contributed by atoms with van der Waals surface area (Å²) in [4.78, 5) is 11.0. The van der Waals surface area contributed by atoms with Crippen LogP contribution in [0.15, 0.2) is 71.3 Å². The van der Waals surface area contributed by atoms with Crippen LogP contribution in [0.1, 0.15) is 15.9 Å². The van der Waals surface area contributed by atoms with Crippen molar-refractivity contribution in [2.24, 2.45) is 0 Å². The highest BCUT2D eigenvalue weighted by molar-refractivity contribution is 6.31. The predicted octanol–water partition coefficient (Wildman–Crippen LogP) is 5.46. The van der Waals surface area contributed by atoms with Crippen molar-refractivity contribution in [3.05, 3.63) is 83.0 Å². The standard InChI is InChI=1S/C21H15ClN2O3/c1-13-2-3-15(12-17(13)22)19-8-9-20(27-19)18-10-11-24(23-18)16-6-4-14(5-7-16)21(25)26/h2-12H,1H3,(H,25,26). The van der Waals surface area contributed by atoms with Gasteiger partial charge in [-0.2, -0.15) is 5.10 Å². The Morgan fingerprint density at radius 3 is 2.48 bits per heavy atom. The fourth-order valence-corrected chi connectivity index (χ4v) is 2.91. The third-order valence-corrected chi connectivity index (χ3v) is 4.69. The molecule has 0 spiro atoms. The van der Waals surface area contributed by atoms with E-state index in [2.05, 4.69) is 5.10 Å². The van der Waals surface area contributed by atoms with Gasteiger partial charge in [0.05, 0.1) is 11.3 Å². The van der Waals surface area contributed by atoms with Gasteiger partial charge in [0.1, 0.15) is 11.5 Å². The van der Waals surface area contributed by atoms with Crippen molar-refractivity contribution < 1.29 is 14.3 Å². The smallest absolute Gasteiger partial charge is 0.335 e. The Morgan fingerprint density at radius 1 is 1.04 bits per heavy atom. The third kappa shape index (κ3) is 3.37. The molecule has 2 heterocycles. The molecule has 4 rings (SSSR count). The van der Waals surface area contributed by atoms with Gasteiger partial charge in [-0.3, -0.25) is 0 Å². The highest BCUT2D eigenvalue weighted by Gasteiger charge is 2.11. The molecule has 0 aliphatic carbocycles. The minimum atomic E-state index is -0.956. The quantitative estimate of drug-likeness (QED) is 0.512. The fraction of sp³-hybridized carbons (Fsp3) is 0.0476. The first-order valence-electron chi connectivity index (χ1n) is 8.27. The maximum absolute atomic E-state index is 11.0. The van der Waals surface area contributed by atoms with E-state index in [0.717, 1.165) is 16.8 Å². The summed E-state index contributed by atoms with van der Waals surface area (Å²) in [6.45, 7) is 1.95. The normalized spacial score (nSPS) is 10.9. The van der Waals surface area contributed by atoms with Crippen LogP contribution in [0.3, 0.4) is 0 Å². The summed E-state index contributed by atoms with van der Waals surface area (Å²) in [6.07, 6.45) is 1.80. The van der Waals surface area contributed by atoms with Crippen LogP contribution < -0.4 is 0 Å². The third-order valence-electron chi connectivity index (χ3n) is 4.28. The number of hydrogen-bond acceptors (Lipinski definition) is 3. The van der Waals surface area contributed by atoms with E-state index in [1.165, 1.54) is 0 Å². The molecule has 134 valence electrons. The van der Waals surface area contributed by atoms with Gasteiger partial charge in [0.2, 0.25) is 0 Å². The van der Waals surface area contributed by atoms with Crippen molar-refractivity contribution in [1.82, 2.24) is 9.78 Å². The zero-order valence-electron chi connectivity index (χ0n) is 14.4. The number of carboxylic acids is 1. The molecule has 0 aliphatic rings. The van der Waals surface area contributed by atoms with Crippen LogP contribution in [0.4, 0.5) is 0 Å². The number of benzene rings is 2. The summed E-state index contributed by atoms with van der Waals surface area (Å²) in [7, 11) is 0. The molecule has 2 aromatic carbocycles. The van der Waals surface area contributed by atoms with E-state index in [1.807, 2.05) is 43.3 Å². The zero-order chi connectivity index (χ0) is 19.0. The summed E-state index contributed by atoms with van der Waals surface area (Å²) in [5.74, 6) is 0.400. The number of aryl methyl sites for hydroxylation is 1. The first-order chi connectivity index (χ1) is 13.0. The highest BCUT2D eigenvalue weighted by atomic mass is 35.5. The molecule has 27 heavy (non-hydrogen) atoms. The molecule has 0 radical (unpaired) electrons. The first kappa shape index (κ1) is 17.1. The molecule has 0 unspecified atom stereocenters. The molecule has 0 bridgehead atoms. The molecule has 6 heteroatoms. The van der Waals surface area contributed by atoms with Crippen molar-refractivity contribution in [3.63, 3.8) is 0 Å². The Labute approximate surface area is 160 Å². The number of carboxylic acid groups (broad SMARTS) is 1. The largest absolute Gasteiger partial charge is 0.478 e. The van der Waals surface area contributed by atoms with Gasteiger partial charge in [-0.1, -0.05) is 23.7 Å². The molecule has 0 amide bonds. The van der Waals surface area contributed by atoms with E-state index in [4.69, 9.17) is 21.1 Å². The van der Waals surface area contributed by atoms with Crippen molar-refractivity contribution in [2.45, 2.75) is 6.92 Å². The maximum atomic E-state index is 11.0. The topological polar surface area (TPSA) is 68.3 Å². The van der Waals surface area contributed by atoms with Crippen LogP contribution in [-0.4, -0.2) is 20.9 Å². The summed E-state index contributed by atoms with van der Waals surface area (Å²) in [6, 6.07) is 17.9. The van der Waals surface area contributed by atoms with E-state index in [-0.39, 0.29) is 5.56 Å². The molecule has 4 aromatic rings. The van der Waals surface area contributed by atoms with Crippen LogP contribution in [0.5, 0.6) is 0 Å². The lowest BCUT2D eigenvalue weighted by atomic mass is 10.1. The van der Waals surface area contributed by atoms with Crippen molar-refractivity contribution in [2.75, 3.05) is 0 Å². The van der Waals surface area contributed by atoms with Gasteiger partial charge in [-0.05, 0) is 61.0 Å². The van der Waals surface area contributed by atoms with E-state index in [0.29, 0.717) is 22.2 Å². The van der Waals surface area contributed by atoms with Gasteiger partial charge >= 0.3 is 5.97 Å². The van der Waals surface area contributed by atoms with Gasteiger partial charge in [-0.25, -0.2) is 9.48 Å². The molecule has 0 saturated heterocycles. The second-order valence-electron chi connectivity index (χ2n) is 6.13. The number of carbonyl (C=O) groups is 1. The fourth-order valence-electron chi connectivity index (χ4n) is 2.73. The van der Waals surface area contributed by atoms with Crippen molar-refractivity contribution in [3.8, 4) is 28.5 Å². The Morgan fingerprint density at radius 2 is 1.78 bits per heavy atom. The second kappa shape index (κ2) is 6.78. The number of hydrogen-bond donors (Lipinski definition) is 1. The number of aromatic carboxylic acids is 1. The van der Waals surface area contributed by atoms with Crippen LogP contribution in [0.25, 0.3) is 28.5 Å². The maximum Gasteiger partial charge on any atom is 0.335 e. The van der Waals surface area contributed by atoms with Crippen LogP contribution >= 0.6 is 11.6 Å². The molecular weight excluding hydrogens is 364 g/mol. The van der Waals surface area contributed by atoms with Gasteiger partial charge < -0.3 is 9.52 Å². The summed E-state index contributed by atoms with van der Waals surface area (Å²) in [5, 5.41) is 14.2. The molecule has 2 aromatic heterocycles. The Kier molecular flexibility index (Phi) is 4.30. The highest BCUT2D eigenvalue weighted by Crippen LogP contribution is 2.30. The molecule has 1 N–H and O–H groups in total. The molecule has 5 nitrogen and oxygen atoms in total. The zero-order valence-corrected chi connectivity index (χ0v) is 15.1. The molecule has 0 atom stereocenters. The lowest BCUT2D eigenvalue weighted by molar-refractivity contribution is 0.0697. The van der Waals surface area contributed by atoms with E-state index in [1.54, 1.807) is 35.1 Å². The second-order valence-corrected chi connectivity index (χ2v) is 6.53. The van der Waals surface area contributed by atoms with Gasteiger partial charge in [0.25, 0.3) is 0 Å². The lowest BCUT2D eigenvalue weighted by Crippen LogP contribution is -1.98. The number of aromatic nitrogens is 2. The summed E-state index contributed by atoms with van der Waals surface area (Å²) >= 11 is 6.20. The van der Waals surface area contributed by atoms with Crippen molar-refractivity contribution >= 4 is 17.6 Å². The van der Waals surface area contributed by atoms with Crippen LogP contribution in [-0.2, 0) is 0 Å². The monoisotopic (exact) mass is 378 g/mol. The van der Waals surface area contributed by atoms with Crippen LogP contribution in [0, 0.1) is 6.92 Å². The summed E-state index contributed by atoms with van der Waals surface area (Å²) < 4.78 is 7.61. The Bertz CT molecular complexity index is 1130. The summed E-state index contributed by atoms with van der Waals surface area (Å²) in [5.41, 5.74) is 3.60. The average Bonchev–Trinajstić information content (AvgIpc) is 3.33. The van der Waals surface area contributed by atoms with Crippen LogP contribution in [0.2, 0.25) is 5.02 Å². The lowest BCUT2D eigenvalue weighted by Gasteiger charge is -2.02. The first-order valence-corrected chi connectivity index (χ1v) is 8.65. The molecule has 0 fully saturated rings. The van der Waals surface area contributed by atoms with E-state index >= 15 is 0 Å². The van der Waals surface area contributed by atoms with E-state index in [9.17, 15) is 4.79 Å². The van der Waals surface area contributed by atoms with Crippen molar-refractivity contribution in [1.29, 1.82) is 0 Å². The Hall–Kier alpha value is -3.31. The minimum Gasteiger partial charge on any atom is -0.478 e. The Balaban J connectivity index is 1.61. The van der Waals surface area contributed by atoms with Gasteiger partial charge in [-0.15, -0.1) is 0 Å². The predicted molar refractivity (Wildman–Crippen MR) is 103 cm³/mol. The number of halogens is 1. The number of rotatable bonds is 4. The minimum absolute atomic E-state index is 0.235. The number of furan rings is 1. The average molecular weight is 379 g/mol. The molecule has 0 saturated carbocycles. The van der Waals surface area contributed by atoms with Gasteiger partial charge in [0, 0.05) is 16.8 Å². The number of nitrogens with zero attached hydrogens (tertiary/aromatic N) is 2.